The van der Waals surface area contributed by atoms with Crippen LogP contribution in [0.5, 0.6) is 5.75 Å². The molecule has 162 valence electrons. The molecule has 0 aliphatic rings. The third-order valence-electron chi connectivity index (χ3n) is 4.88. The maximum Gasteiger partial charge on any atom is 0.261 e. The quantitative estimate of drug-likeness (QED) is 0.422. The van der Waals surface area contributed by atoms with Gasteiger partial charge < -0.3 is 10.1 Å². The SMILES string of the molecule is O=C(COc1ccc2ccccc2c1)NCc1ccccc1NS(=O)(=O)c1ccccc1. The standard InChI is InChI=1S/C25H22N2O4S/c28-25(18-31-22-15-14-19-8-4-5-9-20(19)16-22)26-17-21-10-6-7-13-24(21)27-32(29,30)23-11-2-1-3-12-23/h1-16,27H,17-18H2,(H,26,28). The van der Waals surface area contributed by atoms with Crippen molar-refractivity contribution in [2.75, 3.05) is 11.3 Å². The number of sulfonamides is 1. The van der Waals surface area contributed by atoms with Gasteiger partial charge in [0.1, 0.15) is 5.75 Å². The summed E-state index contributed by atoms with van der Waals surface area (Å²) in [4.78, 5) is 12.5. The number of carbonyl (C=O) groups excluding carboxylic acids is 1. The van der Waals surface area contributed by atoms with Crippen LogP contribution in [0.2, 0.25) is 0 Å². The van der Waals surface area contributed by atoms with Crippen molar-refractivity contribution in [2.45, 2.75) is 11.4 Å². The van der Waals surface area contributed by atoms with Crippen molar-refractivity contribution in [3.8, 4) is 5.75 Å². The Balaban J connectivity index is 1.37. The third kappa shape index (κ3) is 5.25. The second-order valence-corrected chi connectivity index (χ2v) is 8.83. The van der Waals surface area contributed by atoms with E-state index in [2.05, 4.69) is 10.0 Å². The Hall–Kier alpha value is -3.84. The molecule has 2 N–H and O–H groups in total. The summed E-state index contributed by atoms with van der Waals surface area (Å²) in [5, 5.41) is 4.90. The van der Waals surface area contributed by atoms with E-state index in [0.717, 1.165) is 10.8 Å². The first-order chi connectivity index (χ1) is 15.5. The smallest absolute Gasteiger partial charge is 0.261 e. The minimum Gasteiger partial charge on any atom is -0.484 e. The van der Waals surface area contributed by atoms with Crippen LogP contribution >= 0.6 is 0 Å². The lowest BCUT2D eigenvalue weighted by Crippen LogP contribution is -2.29. The Kier molecular flexibility index (Phi) is 6.37. The predicted molar refractivity (Wildman–Crippen MR) is 125 cm³/mol. The van der Waals surface area contributed by atoms with Gasteiger partial charge in [-0.15, -0.1) is 0 Å². The monoisotopic (exact) mass is 446 g/mol. The maximum atomic E-state index is 12.6. The van der Waals surface area contributed by atoms with Gasteiger partial charge in [0, 0.05) is 6.54 Å². The van der Waals surface area contributed by atoms with E-state index in [-0.39, 0.29) is 24.0 Å². The molecule has 0 saturated carbocycles. The molecule has 0 saturated heterocycles. The Labute approximate surface area is 186 Å². The Morgan fingerprint density at radius 3 is 2.28 bits per heavy atom. The Bertz CT molecular complexity index is 1340. The van der Waals surface area contributed by atoms with Gasteiger partial charge in [0.15, 0.2) is 6.61 Å². The third-order valence-corrected chi connectivity index (χ3v) is 6.26. The van der Waals surface area contributed by atoms with Crippen LogP contribution in [0.4, 0.5) is 5.69 Å². The van der Waals surface area contributed by atoms with Crippen LogP contribution in [-0.2, 0) is 21.4 Å². The lowest BCUT2D eigenvalue weighted by atomic mass is 10.1. The van der Waals surface area contributed by atoms with E-state index in [9.17, 15) is 13.2 Å². The van der Waals surface area contributed by atoms with Gasteiger partial charge in [-0.1, -0.05) is 66.7 Å². The number of hydrogen-bond acceptors (Lipinski definition) is 4. The molecule has 32 heavy (non-hydrogen) atoms. The molecule has 6 nitrogen and oxygen atoms in total. The minimum absolute atomic E-state index is 0.143. The topological polar surface area (TPSA) is 84.5 Å². The van der Waals surface area contributed by atoms with Crippen LogP contribution < -0.4 is 14.8 Å². The molecule has 0 fully saturated rings. The molecule has 4 aromatic rings. The number of anilines is 1. The highest BCUT2D eigenvalue weighted by Crippen LogP contribution is 2.21. The van der Waals surface area contributed by atoms with Gasteiger partial charge in [0.05, 0.1) is 10.6 Å². The molecule has 4 aromatic carbocycles. The van der Waals surface area contributed by atoms with Gasteiger partial charge >= 0.3 is 0 Å². The number of ether oxygens (including phenoxy) is 1. The molecule has 7 heteroatoms. The van der Waals surface area contributed by atoms with Gasteiger partial charge in [-0.2, -0.15) is 0 Å². The summed E-state index contributed by atoms with van der Waals surface area (Å²) in [5.41, 5.74) is 1.05. The lowest BCUT2D eigenvalue weighted by Gasteiger charge is -2.13. The van der Waals surface area contributed by atoms with Crippen LogP contribution in [-0.4, -0.2) is 20.9 Å². The van der Waals surface area contributed by atoms with Gasteiger partial charge in [-0.05, 0) is 46.7 Å². The first kappa shape index (κ1) is 21.4. The molecular formula is C25H22N2O4S. The summed E-state index contributed by atoms with van der Waals surface area (Å²) >= 11 is 0. The summed E-state index contributed by atoms with van der Waals surface area (Å²) in [6, 6.07) is 28.6. The molecular weight excluding hydrogens is 424 g/mol. The first-order valence-electron chi connectivity index (χ1n) is 10.1. The van der Waals surface area contributed by atoms with Crippen molar-refractivity contribution >= 4 is 32.4 Å². The molecule has 0 aliphatic heterocycles. The van der Waals surface area contributed by atoms with Gasteiger partial charge in [0.25, 0.3) is 15.9 Å². The van der Waals surface area contributed by atoms with Crippen molar-refractivity contribution in [2.24, 2.45) is 0 Å². The zero-order valence-electron chi connectivity index (χ0n) is 17.2. The Morgan fingerprint density at radius 1 is 0.781 bits per heavy atom. The van der Waals surface area contributed by atoms with E-state index in [4.69, 9.17) is 4.74 Å². The van der Waals surface area contributed by atoms with E-state index in [0.29, 0.717) is 17.0 Å². The summed E-state index contributed by atoms with van der Waals surface area (Å²) in [5.74, 6) is 0.300. The highest BCUT2D eigenvalue weighted by atomic mass is 32.2. The van der Waals surface area contributed by atoms with E-state index in [1.807, 2.05) is 42.5 Å². The normalized spacial score (nSPS) is 11.1. The van der Waals surface area contributed by atoms with Crippen molar-refractivity contribution < 1.29 is 17.9 Å². The molecule has 0 heterocycles. The number of para-hydroxylation sites is 1. The fourth-order valence-corrected chi connectivity index (χ4v) is 4.35. The van der Waals surface area contributed by atoms with Crippen LogP contribution in [0.3, 0.4) is 0 Å². The molecule has 0 radical (unpaired) electrons. The van der Waals surface area contributed by atoms with Crippen LogP contribution in [0.25, 0.3) is 10.8 Å². The molecule has 1 amide bonds. The summed E-state index contributed by atoms with van der Waals surface area (Å²) < 4.78 is 33.5. The lowest BCUT2D eigenvalue weighted by molar-refractivity contribution is -0.123. The molecule has 4 rings (SSSR count). The van der Waals surface area contributed by atoms with Gasteiger partial charge in [0.2, 0.25) is 0 Å². The number of nitrogens with one attached hydrogen (secondary N) is 2. The second-order valence-electron chi connectivity index (χ2n) is 7.15. The van der Waals surface area contributed by atoms with E-state index in [1.165, 1.54) is 12.1 Å². The van der Waals surface area contributed by atoms with Crippen molar-refractivity contribution in [3.63, 3.8) is 0 Å². The minimum atomic E-state index is -3.73. The zero-order valence-corrected chi connectivity index (χ0v) is 18.0. The maximum absolute atomic E-state index is 12.6. The number of fused-ring (bicyclic) bond motifs is 1. The number of amides is 1. The molecule has 0 aliphatic carbocycles. The number of hydrogen-bond donors (Lipinski definition) is 2. The first-order valence-corrected chi connectivity index (χ1v) is 11.5. The molecule has 0 aromatic heterocycles. The van der Waals surface area contributed by atoms with E-state index in [1.54, 1.807) is 42.5 Å². The number of carbonyl (C=O) groups is 1. The van der Waals surface area contributed by atoms with Crippen molar-refractivity contribution in [3.05, 3.63) is 103 Å². The fourth-order valence-electron chi connectivity index (χ4n) is 3.23. The van der Waals surface area contributed by atoms with E-state index >= 15 is 0 Å². The zero-order chi connectivity index (χ0) is 22.4. The van der Waals surface area contributed by atoms with Crippen LogP contribution in [0, 0.1) is 0 Å². The predicted octanol–water partition coefficient (Wildman–Crippen LogP) is 4.34. The van der Waals surface area contributed by atoms with Gasteiger partial charge in [-0.25, -0.2) is 8.42 Å². The number of rotatable bonds is 8. The van der Waals surface area contributed by atoms with E-state index < -0.39 is 10.0 Å². The fraction of sp³-hybridized carbons (Fsp3) is 0.0800. The van der Waals surface area contributed by atoms with Crippen LogP contribution in [0.1, 0.15) is 5.56 Å². The molecule has 0 bridgehead atoms. The van der Waals surface area contributed by atoms with Gasteiger partial charge in [-0.3, -0.25) is 9.52 Å². The average Bonchev–Trinajstić information content (AvgIpc) is 2.82. The average molecular weight is 447 g/mol. The number of benzene rings is 4. The second kappa shape index (κ2) is 9.53. The highest BCUT2D eigenvalue weighted by molar-refractivity contribution is 7.92. The molecule has 0 spiro atoms. The largest absolute Gasteiger partial charge is 0.484 e. The summed E-state index contributed by atoms with van der Waals surface area (Å²) in [6.07, 6.45) is 0. The van der Waals surface area contributed by atoms with Crippen molar-refractivity contribution in [1.82, 2.24) is 5.32 Å². The molecule has 0 atom stereocenters. The summed E-state index contributed by atoms with van der Waals surface area (Å²) in [6.45, 7) is 0.0175. The van der Waals surface area contributed by atoms with Crippen molar-refractivity contribution in [1.29, 1.82) is 0 Å². The molecule has 0 unspecified atom stereocenters. The summed E-state index contributed by atoms with van der Waals surface area (Å²) in [7, 11) is -3.73. The Morgan fingerprint density at radius 2 is 1.47 bits per heavy atom. The highest BCUT2D eigenvalue weighted by Gasteiger charge is 2.15. The van der Waals surface area contributed by atoms with Crippen LogP contribution in [0.15, 0.2) is 102 Å².